The minimum absolute atomic E-state index is 0.0504. The van der Waals surface area contributed by atoms with Gasteiger partial charge in [-0.1, -0.05) is 0 Å². The van der Waals surface area contributed by atoms with E-state index in [1.165, 1.54) is 6.92 Å². The lowest BCUT2D eigenvalue weighted by Crippen LogP contribution is -2.25. The number of anilines is 1. The summed E-state index contributed by atoms with van der Waals surface area (Å²) in [5.41, 5.74) is 0.942. The molecule has 0 radical (unpaired) electrons. The number of carbonyl (C=O) groups is 2. The topological polar surface area (TPSA) is 50.5 Å². The molecule has 0 saturated heterocycles. The predicted octanol–water partition coefficient (Wildman–Crippen LogP) is 1.00. The second-order valence-electron chi connectivity index (χ2n) is 3.02. The number of aldehydes is 1. The molecule has 13 heavy (non-hydrogen) atoms. The van der Waals surface area contributed by atoms with Gasteiger partial charge >= 0.3 is 0 Å². The van der Waals surface area contributed by atoms with Crippen molar-refractivity contribution in [3.63, 3.8) is 0 Å². The number of carbonyl (C=O) groups excluding carboxylic acids is 2. The summed E-state index contributed by atoms with van der Waals surface area (Å²) in [6.07, 6.45) is 1.42. The molecule has 4 nitrogen and oxygen atoms in total. The Morgan fingerprint density at radius 3 is 3.08 bits per heavy atom. The van der Waals surface area contributed by atoms with Gasteiger partial charge in [-0.25, -0.2) is 0 Å². The molecule has 0 atom stereocenters. The molecular weight excluding hydrogens is 170 g/mol. The molecule has 4 heteroatoms. The van der Waals surface area contributed by atoms with E-state index in [0.717, 1.165) is 12.0 Å². The van der Waals surface area contributed by atoms with Crippen molar-refractivity contribution in [1.82, 2.24) is 0 Å². The highest BCUT2D eigenvalue weighted by atomic mass is 16.4. The Kier molecular flexibility index (Phi) is 1.69. The van der Waals surface area contributed by atoms with E-state index in [0.29, 0.717) is 18.7 Å². The second kappa shape index (κ2) is 2.73. The Labute approximate surface area is 75.1 Å². The van der Waals surface area contributed by atoms with Crippen molar-refractivity contribution in [2.45, 2.75) is 13.3 Å². The summed E-state index contributed by atoms with van der Waals surface area (Å²) in [7, 11) is 0. The Bertz CT molecular complexity index is 367. The quantitative estimate of drug-likeness (QED) is 0.604. The number of furan rings is 1. The van der Waals surface area contributed by atoms with Crippen molar-refractivity contribution in [1.29, 1.82) is 0 Å². The highest BCUT2D eigenvalue weighted by molar-refractivity contribution is 5.92. The zero-order valence-corrected chi connectivity index (χ0v) is 7.24. The molecule has 2 rings (SSSR count). The predicted molar refractivity (Wildman–Crippen MR) is 45.8 cm³/mol. The zero-order chi connectivity index (χ0) is 9.42. The van der Waals surface area contributed by atoms with Crippen LogP contribution in [0.1, 0.15) is 23.0 Å². The first kappa shape index (κ1) is 8.04. The van der Waals surface area contributed by atoms with Gasteiger partial charge < -0.3 is 4.42 Å². The van der Waals surface area contributed by atoms with Gasteiger partial charge in [0.2, 0.25) is 11.8 Å². The molecule has 1 aliphatic heterocycles. The smallest absolute Gasteiger partial charge is 0.226 e. The number of nitrogens with zero attached hydrogens (tertiary/aromatic N) is 1. The van der Waals surface area contributed by atoms with Crippen molar-refractivity contribution in [3.8, 4) is 0 Å². The second-order valence-corrected chi connectivity index (χ2v) is 3.02. The van der Waals surface area contributed by atoms with Crippen LogP contribution in [-0.2, 0) is 11.2 Å². The van der Waals surface area contributed by atoms with E-state index in [-0.39, 0.29) is 11.7 Å². The Hall–Kier alpha value is -1.58. The van der Waals surface area contributed by atoms with Crippen molar-refractivity contribution in [3.05, 3.63) is 17.4 Å². The van der Waals surface area contributed by atoms with Gasteiger partial charge in [-0.3, -0.25) is 14.5 Å². The fourth-order valence-corrected chi connectivity index (χ4v) is 1.54. The van der Waals surface area contributed by atoms with Gasteiger partial charge in [0.05, 0.1) is 0 Å². The molecule has 0 unspecified atom stereocenters. The molecule has 0 fully saturated rings. The highest BCUT2D eigenvalue weighted by Crippen LogP contribution is 2.30. The lowest BCUT2D eigenvalue weighted by molar-refractivity contribution is -0.116. The van der Waals surface area contributed by atoms with Crippen molar-refractivity contribution in [2.75, 3.05) is 11.4 Å². The van der Waals surface area contributed by atoms with E-state index in [9.17, 15) is 9.59 Å². The van der Waals surface area contributed by atoms with E-state index in [4.69, 9.17) is 4.42 Å². The standard InChI is InChI=1S/C9H9NO3/c1-6(12)10-3-2-7-4-8(5-11)13-9(7)10/h4-5H,2-3H2,1H3. The Morgan fingerprint density at radius 1 is 1.69 bits per heavy atom. The Balaban J connectivity index is 2.40. The average Bonchev–Trinajstić information content (AvgIpc) is 2.59. The van der Waals surface area contributed by atoms with Crippen LogP contribution in [-0.4, -0.2) is 18.7 Å². The first-order chi connectivity index (χ1) is 6.22. The van der Waals surface area contributed by atoms with Gasteiger partial charge in [0.15, 0.2) is 12.0 Å². The largest absolute Gasteiger partial charge is 0.437 e. The minimum Gasteiger partial charge on any atom is -0.437 e. The summed E-state index contributed by atoms with van der Waals surface area (Å²) in [5, 5.41) is 0. The lowest BCUT2D eigenvalue weighted by atomic mass is 10.2. The van der Waals surface area contributed by atoms with Crippen LogP contribution in [0.15, 0.2) is 10.5 Å². The summed E-state index contributed by atoms with van der Waals surface area (Å²) in [4.78, 5) is 23.0. The molecule has 0 aromatic carbocycles. The highest BCUT2D eigenvalue weighted by Gasteiger charge is 2.26. The number of rotatable bonds is 1. The summed E-state index contributed by atoms with van der Waals surface area (Å²) < 4.78 is 5.19. The first-order valence-electron chi connectivity index (χ1n) is 4.08. The molecule has 1 aromatic rings. The van der Waals surface area contributed by atoms with E-state index in [2.05, 4.69) is 0 Å². The minimum atomic E-state index is -0.0504. The van der Waals surface area contributed by atoms with Crippen LogP contribution in [0, 0.1) is 0 Å². The summed E-state index contributed by atoms with van der Waals surface area (Å²) in [6.45, 7) is 2.14. The van der Waals surface area contributed by atoms with Crippen LogP contribution in [0.2, 0.25) is 0 Å². The molecule has 0 aliphatic carbocycles. The van der Waals surface area contributed by atoms with Crippen LogP contribution in [0.5, 0.6) is 0 Å². The molecule has 1 amide bonds. The van der Waals surface area contributed by atoms with E-state index in [1.54, 1.807) is 11.0 Å². The molecule has 2 heterocycles. The molecule has 0 bridgehead atoms. The van der Waals surface area contributed by atoms with Crippen LogP contribution >= 0.6 is 0 Å². The fourth-order valence-electron chi connectivity index (χ4n) is 1.54. The maximum absolute atomic E-state index is 11.1. The number of amides is 1. The number of hydrogen-bond acceptors (Lipinski definition) is 3. The van der Waals surface area contributed by atoms with Crippen LogP contribution in [0.25, 0.3) is 0 Å². The lowest BCUT2D eigenvalue weighted by Gasteiger charge is -2.10. The van der Waals surface area contributed by atoms with Gasteiger partial charge in [0, 0.05) is 19.0 Å². The molecule has 1 aromatic heterocycles. The van der Waals surface area contributed by atoms with Crippen LogP contribution in [0.3, 0.4) is 0 Å². The first-order valence-corrected chi connectivity index (χ1v) is 4.08. The maximum atomic E-state index is 11.1. The molecule has 0 saturated carbocycles. The summed E-state index contributed by atoms with van der Waals surface area (Å²) >= 11 is 0. The van der Waals surface area contributed by atoms with Crippen molar-refractivity contribution in [2.24, 2.45) is 0 Å². The van der Waals surface area contributed by atoms with Gasteiger partial charge in [0.1, 0.15) is 0 Å². The van der Waals surface area contributed by atoms with Gasteiger partial charge in [0.25, 0.3) is 0 Å². The van der Waals surface area contributed by atoms with E-state index < -0.39 is 0 Å². The van der Waals surface area contributed by atoms with Crippen molar-refractivity contribution >= 4 is 18.1 Å². The molecule has 0 N–H and O–H groups in total. The third-order valence-corrected chi connectivity index (χ3v) is 2.15. The van der Waals surface area contributed by atoms with Crippen LogP contribution < -0.4 is 4.90 Å². The van der Waals surface area contributed by atoms with Gasteiger partial charge in [-0.2, -0.15) is 0 Å². The number of fused-ring (bicyclic) bond motifs is 1. The SMILES string of the molecule is CC(=O)N1CCc2cc(C=O)oc21. The van der Waals surface area contributed by atoms with Gasteiger partial charge in [-0.15, -0.1) is 0 Å². The third kappa shape index (κ3) is 1.14. The van der Waals surface area contributed by atoms with E-state index in [1.807, 2.05) is 0 Å². The van der Waals surface area contributed by atoms with E-state index >= 15 is 0 Å². The normalized spacial score (nSPS) is 14.4. The van der Waals surface area contributed by atoms with Gasteiger partial charge in [-0.05, 0) is 12.5 Å². The molecular formula is C9H9NO3. The monoisotopic (exact) mass is 179 g/mol. The van der Waals surface area contributed by atoms with Crippen LogP contribution in [0.4, 0.5) is 5.88 Å². The number of hydrogen-bond donors (Lipinski definition) is 0. The molecule has 1 aliphatic rings. The average molecular weight is 179 g/mol. The van der Waals surface area contributed by atoms with Crippen molar-refractivity contribution < 1.29 is 14.0 Å². The Morgan fingerprint density at radius 2 is 2.46 bits per heavy atom. The third-order valence-electron chi connectivity index (χ3n) is 2.15. The fraction of sp³-hybridized carbons (Fsp3) is 0.333. The maximum Gasteiger partial charge on any atom is 0.226 e. The zero-order valence-electron chi connectivity index (χ0n) is 7.24. The summed E-state index contributed by atoms with van der Waals surface area (Å²) in [5.74, 6) is 0.774. The molecule has 0 spiro atoms. The summed E-state index contributed by atoms with van der Waals surface area (Å²) in [6, 6.07) is 1.69. The molecule has 68 valence electrons.